The van der Waals surface area contributed by atoms with Crippen LogP contribution < -0.4 is 10.1 Å². The maximum absolute atomic E-state index is 13.3. The molecule has 1 aliphatic rings. The summed E-state index contributed by atoms with van der Waals surface area (Å²) in [5.74, 6) is 0.333. The molecule has 1 aliphatic heterocycles. The second-order valence-electron chi connectivity index (χ2n) is 10.1. The van der Waals surface area contributed by atoms with Crippen molar-refractivity contribution >= 4 is 17.5 Å². The number of hydrogen-bond acceptors (Lipinski definition) is 3. The number of hydrogen-bond donors (Lipinski definition) is 1. The maximum Gasteiger partial charge on any atom is 0.265 e. The highest BCUT2D eigenvalue weighted by atomic mass is 19.1. The van der Waals surface area contributed by atoms with Gasteiger partial charge in [-0.3, -0.25) is 9.59 Å². The van der Waals surface area contributed by atoms with Crippen LogP contribution in [0.4, 0.5) is 10.1 Å². The van der Waals surface area contributed by atoms with E-state index >= 15 is 0 Å². The quantitative estimate of drug-likeness (QED) is 0.385. The Labute approximate surface area is 218 Å². The summed E-state index contributed by atoms with van der Waals surface area (Å²) in [7, 11) is 0. The molecule has 1 heterocycles. The lowest BCUT2D eigenvalue weighted by Crippen LogP contribution is -2.41. The van der Waals surface area contributed by atoms with E-state index in [1.807, 2.05) is 36.9 Å². The van der Waals surface area contributed by atoms with Crippen molar-refractivity contribution < 1.29 is 18.7 Å². The number of carbonyl (C=O) groups is 2. The van der Waals surface area contributed by atoms with Gasteiger partial charge in [0.2, 0.25) is 5.91 Å². The van der Waals surface area contributed by atoms with E-state index in [0.717, 1.165) is 23.1 Å². The highest BCUT2D eigenvalue weighted by Gasteiger charge is 2.33. The molecule has 6 heteroatoms. The number of fused-ring (bicyclic) bond motifs is 1. The van der Waals surface area contributed by atoms with Crippen molar-refractivity contribution in [1.82, 2.24) is 4.90 Å². The summed E-state index contributed by atoms with van der Waals surface area (Å²) in [6.45, 7) is 8.72. The van der Waals surface area contributed by atoms with E-state index in [1.54, 1.807) is 0 Å². The van der Waals surface area contributed by atoms with Gasteiger partial charge in [-0.05, 0) is 78.8 Å². The van der Waals surface area contributed by atoms with Gasteiger partial charge in [0, 0.05) is 18.7 Å². The van der Waals surface area contributed by atoms with E-state index in [-0.39, 0.29) is 29.6 Å². The van der Waals surface area contributed by atoms with E-state index in [1.165, 1.54) is 29.8 Å². The van der Waals surface area contributed by atoms with Gasteiger partial charge in [-0.1, -0.05) is 56.7 Å². The number of anilines is 1. The average molecular weight is 503 g/mol. The van der Waals surface area contributed by atoms with Crippen molar-refractivity contribution in [1.29, 1.82) is 0 Å². The van der Waals surface area contributed by atoms with Crippen molar-refractivity contribution in [2.24, 2.45) is 5.92 Å². The normalized spacial score (nSPS) is 15.7. The number of nitrogens with one attached hydrogen (secondary N) is 1. The number of amides is 2. The zero-order valence-electron chi connectivity index (χ0n) is 22.0. The second kappa shape index (κ2) is 11.6. The number of halogens is 1. The molecule has 3 aromatic carbocycles. The average Bonchev–Trinajstić information content (AvgIpc) is 2.88. The lowest BCUT2D eigenvalue weighted by Gasteiger charge is -2.38. The molecule has 0 aliphatic carbocycles. The molecule has 5 nitrogen and oxygen atoms in total. The molecule has 2 unspecified atom stereocenters. The maximum atomic E-state index is 13.3. The number of nitrogens with zero attached hydrogens (tertiary/aromatic N) is 1. The first-order valence-corrected chi connectivity index (χ1v) is 13.0. The van der Waals surface area contributed by atoms with E-state index in [2.05, 4.69) is 43.4 Å². The zero-order chi connectivity index (χ0) is 26.5. The molecule has 194 valence electrons. The second-order valence-corrected chi connectivity index (χ2v) is 10.1. The van der Waals surface area contributed by atoms with Gasteiger partial charge in [0.1, 0.15) is 11.6 Å². The van der Waals surface area contributed by atoms with Crippen LogP contribution in [-0.2, 0) is 16.0 Å². The number of carbonyl (C=O) groups excluding carboxylic acids is 2. The van der Waals surface area contributed by atoms with Gasteiger partial charge in [-0.2, -0.15) is 0 Å². The molecule has 2 amide bonds. The molecule has 3 aromatic rings. The Morgan fingerprint density at radius 1 is 1.05 bits per heavy atom. The van der Waals surface area contributed by atoms with Crippen LogP contribution in [-0.4, -0.2) is 29.4 Å². The smallest absolute Gasteiger partial charge is 0.265 e. The monoisotopic (exact) mass is 502 g/mol. The molecule has 0 aromatic heterocycles. The predicted octanol–water partition coefficient (Wildman–Crippen LogP) is 6.45. The van der Waals surface area contributed by atoms with Crippen LogP contribution in [0, 0.1) is 18.7 Å². The Kier molecular flexibility index (Phi) is 8.27. The Hall–Kier alpha value is -3.67. The van der Waals surface area contributed by atoms with Gasteiger partial charge in [-0.15, -0.1) is 0 Å². The fraction of sp³-hybridized carbons (Fsp3) is 0.355. The van der Waals surface area contributed by atoms with E-state index < -0.39 is 6.10 Å². The number of aryl methyl sites for hydroxylation is 1. The van der Waals surface area contributed by atoms with Gasteiger partial charge in [-0.25, -0.2) is 4.39 Å². The van der Waals surface area contributed by atoms with Gasteiger partial charge in [0.05, 0.1) is 6.04 Å². The summed E-state index contributed by atoms with van der Waals surface area (Å²) >= 11 is 0. The number of benzene rings is 3. The third kappa shape index (κ3) is 6.37. The molecule has 0 saturated carbocycles. The first-order valence-electron chi connectivity index (χ1n) is 13.0. The van der Waals surface area contributed by atoms with Crippen LogP contribution in [0.3, 0.4) is 0 Å². The Bertz CT molecular complexity index is 1240. The third-order valence-corrected chi connectivity index (χ3v) is 6.70. The summed E-state index contributed by atoms with van der Waals surface area (Å²) < 4.78 is 19.4. The Morgan fingerprint density at radius 2 is 1.76 bits per heavy atom. The summed E-state index contributed by atoms with van der Waals surface area (Å²) in [6.07, 6.45) is 1.01. The Balaban J connectivity index is 1.62. The van der Waals surface area contributed by atoms with Crippen molar-refractivity contribution in [2.75, 3.05) is 11.9 Å². The summed E-state index contributed by atoms with van der Waals surface area (Å²) in [4.78, 5) is 28.2. The molecule has 37 heavy (non-hydrogen) atoms. The third-order valence-electron chi connectivity index (χ3n) is 6.70. The first kappa shape index (κ1) is 26.4. The van der Waals surface area contributed by atoms with Crippen LogP contribution in [0.5, 0.6) is 5.75 Å². The van der Waals surface area contributed by atoms with Crippen molar-refractivity contribution in [3.63, 3.8) is 0 Å². The minimum absolute atomic E-state index is 0.141. The standard InChI is InChI=1S/C31H35FN2O3/c1-5-28(31(36)33-25-13-11-24(32)12-14-25)37-26-15-10-22-16-17-34(29(35)18-20(2)3)30(27(22)19-26)23-8-6-21(4)7-9-23/h6-15,19-20,28,30H,5,16-18H2,1-4H3,(H,33,36). The lowest BCUT2D eigenvalue weighted by atomic mass is 9.87. The van der Waals surface area contributed by atoms with E-state index in [9.17, 15) is 14.0 Å². The van der Waals surface area contributed by atoms with Crippen molar-refractivity contribution in [2.45, 2.75) is 59.1 Å². The molecule has 2 atom stereocenters. The van der Waals surface area contributed by atoms with Gasteiger partial charge < -0.3 is 15.0 Å². The zero-order valence-corrected chi connectivity index (χ0v) is 22.0. The van der Waals surface area contributed by atoms with Crippen LogP contribution in [0.1, 0.15) is 61.9 Å². The fourth-order valence-electron chi connectivity index (χ4n) is 4.75. The van der Waals surface area contributed by atoms with Crippen LogP contribution in [0.25, 0.3) is 0 Å². The molecule has 0 radical (unpaired) electrons. The molecular weight excluding hydrogens is 467 g/mol. The first-order chi connectivity index (χ1) is 17.7. The SMILES string of the molecule is CCC(Oc1ccc2c(c1)C(c1ccc(C)cc1)N(C(=O)CC(C)C)CC2)C(=O)Nc1ccc(F)cc1. The minimum atomic E-state index is -0.719. The summed E-state index contributed by atoms with van der Waals surface area (Å²) in [5.41, 5.74) is 4.93. The molecule has 0 fully saturated rings. The number of rotatable bonds is 8. The van der Waals surface area contributed by atoms with Crippen molar-refractivity contribution in [3.8, 4) is 5.75 Å². The predicted molar refractivity (Wildman–Crippen MR) is 144 cm³/mol. The van der Waals surface area contributed by atoms with Crippen molar-refractivity contribution in [3.05, 3.63) is 94.8 Å². The minimum Gasteiger partial charge on any atom is -0.481 e. The van der Waals surface area contributed by atoms with Crippen LogP contribution >= 0.6 is 0 Å². The highest BCUT2D eigenvalue weighted by molar-refractivity contribution is 5.94. The molecule has 0 spiro atoms. The van der Waals surface area contributed by atoms with Gasteiger partial charge >= 0.3 is 0 Å². The summed E-state index contributed by atoms with van der Waals surface area (Å²) in [5, 5.41) is 2.80. The highest BCUT2D eigenvalue weighted by Crippen LogP contribution is 2.38. The van der Waals surface area contributed by atoms with E-state index in [4.69, 9.17) is 4.74 Å². The van der Waals surface area contributed by atoms with E-state index in [0.29, 0.717) is 30.8 Å². The van der Waals surface area contributed by atoms with Crippen LogP contribution in [0.2, 0.25) is 0 Å². The molecular formula is C31H35FN2O3. The van der Waals surface area contributed by atoms with Gasteiger partial charge in [0.25, 0.3) is 5.91 Å². The molecule has 1 N–H and O–H groups in total. The largest absolute Gasteiger partial charge is 0.481 e. The van der Waals surface area contributed by atoms with Crippen LogP contribution in [0.15, 0.2) is 66.7 Å². The molecule has 4 rings (SSSR count). The number of ether oxygens (including phenoxy) is 1. The fourth-order valence-corrected chi connectivity index (χ4v) is 4.75. The molecule has 0 saturated heterocycles. The lowest BCUT2D eigenvalue weighted by molar-refractivity contribution is -0.134. The Morgan fingerprint density at radius 3 is 2.41 bits per heavy atom. The van der Waals surface area contributed by atoms with Gasteiger partial charge in [0.15, 0.2) is 6.10 Å². The topological polar surface area (TPSA) is 58.6 Å². The summed E-state index contributed by atoms with van der Waals surface area (Å²) in [6, 6.07) is 19.7. The molecule has 0 bridgehead atoms.